The fourth-order valence-corrected chi connectivity index (χ4v) is 1.96. The van der Waals surface area contributed by atoms with Gasteiger partial charge in [-0.1, -0.05) is 0 Å². The Labute approximate surface area is 104 Å². The summed E-state index contributed by atoms with van der Waals surface area (Å²) < 4.78 is 43.3. The number of amides is 1. The molecule has 106 valence electrons. The molecular weight excluding hydrogens is 249 g/mol. The molecule has 0 aliphatic carbocycles. The lowest BCUT2D eigenvalue weighted by molar-refractivity contribution is -0.179. The van der Waals surface area contributed by atoms with E-state index >= 15 is 0 Å². The van der Waals surface area contributed by atoms with Crippen molar-refractivity contribution in [3.05, 3.63) is 0 Å². The van der Waals surface area contributed by atoms with Crippen LogP contribution in [0.1, 0.15) is 20.8 Å². The van der Waals surface area contributed by atoms with Crippen LogP contribution in [0.3, 0.4) is 0 Å². The van der Waals surface area contributed by atoms with Gasteiger partial charge in [0.05, 0.1) is 5.92 Å². The second-order valence-corrected chi connectivity index (χ2v) is 5.53. The van der Waals surface area contributed by atoms with Gasteiger partial charge in [-0.25, -0.2) is 4.79 Å². The Hall–Kier alpha value is -0.980. The van der Waals surface area contributed by atoms with Crippen molar-refractivity contribution in [1.29, 1.82) is 0 Å². The van der Waals surface area contributed by atoms with Crippen LogP contribution < -0.4 is 5.73 Å². The molecule has 0 saturated carbocycles. The molecule has 0 radical (unpaired) electrons. The van der Waals surface area contributed by atoms with Crippen molar-refractivity contribution in [3.63, 3.8) is 0 Å². The van der Waals surface area contributed by atoms with Crippen molar-refractivity contribution in [2.75, 3.05) is 19.6 Å². The van der Waals surface area contributed by atoms with Gasteiger partial charge < -0.3 is 15.4 Å². The normalized spacial score (nSPS) is 25.4. The van der Waals surface area contributed by atoms with Crippen LogP contribution in [0.25, 0.3) is 0 Å². The first-order chi connectivity index (χ1) is 8.04. The minimum Gasteiger partial charge on any atom is -0.444 e. The number of hydrogen-bond acceptors (Lipinski definition) is 3. The van der Waals surface area contributed by atoms with E-state index in [4.69, 9.17) is 10.5 Å². The van der Waals surface area contributed by atoms with Gasteiger partial charge in [0.25, 0.3) is 0 Å². The van der Waals surface area contributed by atoms with Gasteiger partial charge in [0.15, 0.2) is 0 Å². The molecule has 1 fully saturated rings. The second kappa shape index (κ2) is 4.95. The van der Waals surface area contributed by atoms with Crippen LogP contribution in [-0.4, -0.2) is 42.4 Å². The summed E-state index contributed by atoms with van der Waals surface area (Å²) in [6.07, 6.45) is -5.05. The number of nitrogens with zero attached hydrogens (tertiary/aromatic N) is 1. The van der Waals surface area contributed by atoms with Gasteiger partial charge in [0.1, 0.15) is 5.60 Å². The zero-order valence-electron chi connectivity index (χ0n) is 10.8. The summed E-state index contributed by atoms with van der Waals surface area (Å²) in [4.78, 5) is 12.8. The van der Waals surface area contributed by atoms with Crippen molar-refractivity contribution in [3.8, 4) is 0 Å². The highest BCUT2D eigenvalue weighted by molar-refractivity contribution is 5.68. The molecule has 1 rings (SSSR count). The average Bonchev–Trinajstić information content (AvgIpc) is 2.57. The number of carbonyl (C=O) groups excluding carboxylic acids is 1. The Morgan fingerprint density at radius 3 is 2.22 bits per heavy atom. The summed E-state index contributed by atoms with van der Waals surface area (Å²) >= 11 is 0. The minimum atomic E-state index is -4.33. The lowest BCUT2D eigenvalue weighted by atomic mass is 9.96. The summed E-state index contributed by atoms with van der Waals surface area (Å²) in [5.41, 5.74) is 4.62. The lowest BCUT2D eigenvalue weighted by Crippen LogP contribution is -2.36. The zero-order chi connectivity index (χ0) is 14.1. The molecule has 1 amide bonds. The lowest BCUT2D eigenvalue weighted by Gasteiger charge is -2.24. The van der Waals surface area contributed by atoms with Crippen LogP contribution in [0.4, 0.5) is 18.0 Å². The minimum absolute atomic E-state index is 0.00438. The maximum Gasteiger partial charge on any atom is 0.410 e. The molecular formula is C11H19F3N2O2. The van der Waals surface area contributed by atoms with Crippen molar-refractivity contribution < 1.29 is 22.7 Å². The molecule has 4 nitrogen and oxygen atoms in total. The number of hydrogen-bond donors (Lipinski definition) is 1. The summed E-state index contributed by atoms with van der Waals surface area (Å²) in [6, 6.07) is 0. The number of carbonyl (C=O) groups is 1. The first kappa shape index (κ1) is 15.1. The Morgan fingerprint density at radius 2 is 1.89 bits per heavy atom. The molecule has 18 heavy (non-hydrogen) atoms. The smallest absolute Gasteiger partial charge is 0.410 e. The van der Waals surface area contributed by atoms with Crippen molar-refractivity contribution in [2.45, 2.75) is 32.5 Å². The van der Waals surface area contributed by atoms with Gasteiger partial charge in [-0.05, 0) is 27.3 Å². The van der Waals surface area contributed by atoms with Crippen LogP contribution in [0.5, 0.6) is 0 Å². The molecule has 7 heteroatoms. The standard InChI is InChI=1S/C11H19F3N2O2/c1-10(2,3)18-9(17)16-5-7(4-15)8(6-16)11(12,13)14/h7-8H,4-6,15H2,1-3H3/t7-,8-/m0/s1. The second-order valence-electron chi connectivity index (χ2n) is 5.53. The maximum atomic E-state index is 12.7. The van der Waals surface area contributed by atoms with Gasteiger partial charge >= 0.3 is 12.3 Å². The summed E-state index contributed by atoms with van der Waals surface area (Å²) in [6.45, 7) is 4.53. The maximum absolute atomic E-state index is 12.7. The van der Waals surface area contributed by atoms with Crippen LogP contribution >= 0.6 is 0 Å². The van der Waals surface area contributed by atoms with Crippen LogP contribution in [-0.2, 0) is 4.74 Å². The Balaban J connectivity index is 2.70. The van der Waals surface area contributed by atoms with Crippen LogP contribution in [0, 0.1) is 11.8 Å². The molecule has 0 bridgehead atoms. The van der Waals surface area contributed by atoms with E-state index in [0.717, 1.165) is 4.90 Å². The number of rotatable bonds is 1. The topological polar surface area (TPSA) is 55.6 Å². The van der Waals surface area contributed by atoms with Crippen LogP contribution in [0.15, 0.2) is 0 Å². The molecule has 1 saturated heterocycles. The Kier molecular flexibility index (Phi) is 4.15. The largest absolute Gasteiger partial charge is 0.444 e. The third-order valence-corrected chi connectivity index (χ3v) is 2.82. The number of ether oxygens (including phenoxy) is 1. The van der Waals surface area contributed by atoms with E-state index in [1.807, 2.05) is 0 Å². The summed E-state index contributed by atoms with van der Waals surface area (Å²) in [7, 11) is 0. The molecule has 2 N–H and O–H groups in total. The van der Waals surface area contributed by atoms with Crippen LogP contribution in [0.2, 0.25) is 0 Å². The summed E-state index contributed by atoms with van der Waals surface area (Å²) in [5, 5.41) is 0. The predicted molar refractivity (Wildman–Crippen MR) is 59.9 cm³/mol. The van der Waals surface area contributed by atoms with E-state index in [-0.39, 0.29) is 19.6 Å². The molecule has 0 spiro atoms. The van der Waals surface area contributed by atoms with E-state index in [2.05, 4.69) is 0 Å². The summed E-state index contributed by atoms with van der Waals surface area (Å²) in [5.74, 6) is -2.31. The first-order valence-electron chi connectivity index (χ1n) is 5.79. The van der Waals surface area contributed by atoms with E-state index in [1.165, 1.54) is 0 Å². The quantitative estimate of drug-likeness (QED) is 0.791. The third-order valence-electron chi connectivity index (χ3n) is 2.82. The average molecular weight is 268 g/mol. The van der Waals surface area contributed by atoms with Gasteiger partial charge in [0.2, 0.25) is 0 Å². The third kappa shape index (κ3) is 3.76. The van der Waals surface area contributed by atoms with Crippen molar-refractivity contribution in [1.82, 2.24) is 4.90 Å². The molecule has 1 aliphatic heterocycles. The number of nitrogens with two attached hydrogens (primary N) is 1. The Morgan fingerprint density at radius 1 is 1.33 bits per heavy atom. The fourth-order valence-electron chi connectivity index (χ4n) is 1.96. The molecule has 0 aromatic carbocycles. The molecule has 0 aromatic rings. The molecule has 0 unspecified atom stereocenters. The van der Waals surface area contributed by atoms with E-state index in [9.17, 15) is 18.0 Å². The SMILES string of the molecule is CC(C)(C)OC(=O)N1C[C@H](CN)[C@@H](C(F)(F)F)C1. The van der Waals surface area contributed by atoms with Gasteiger partial charge in [-0.3, -0.25) is 0 Å². The molecule has 1 heterocycles. The van der Waals surface area contributed by atoms with E-state index < -0.39 is 29.7 Å². The predicted octanol–water partition coefficient (Wildman–Crippen LogP) is 1.99. The van der Waals surface area contributed by atoms with Crippen molar-refractivity contribution in [2.24, 2.45) is 17.6 Å². The highest BCUT2D eigenvalue weighted by Crippen LogP contribution is 2.37. The number of likely N-dealkylation sites (tertiary alicyclic amines) is 1. The fraction of sp³-hybridized carbons (Fsp3) is 0.909. The Bertz CT molecular complexity index is 312. The van der Waals surface area contributed by atoms with E-state index in [0.29, 0.717) is 0 Å². The molecule has 1 aliphatic rings. The first-order valence-corrected chi connectivity index (χ1v) is 5.79. The monoisotopic (exact) mass is 268 g/mol. The van der Waals surface area contributed by atoms with Gasteiger partial charge in [-0.2, -0.15) is 13.2 Å². The highest BCUT2D eigenvalue weighted by Gasteiger charge is 2.50. The molecule has 2 atom stereocenters. The number of alkyl halides is 3. The number of halogens is 3. The molecule has 0 aromatic heterocycles. The van der Waals surface area contributed by atoms with E-state index in [1.54, 1.807) is 20.8 Å². The van der Waals surface area contributed by atoms with Crippen molar-refractivity contribution >= 4 is 6.09 Å². The highest BCUT2D eigenvalue weighted by atomic mass is 19.4. The zero-order valence-corrected chi connectivity index (χ0v) is 10.8. The van der Waals surface area contributed by atoms with Gasteiger partial charge in [0, 0.05) is 19.0 Å². The van der Waals surface area contributed by atoms with Gasteiger partial charge in [-0.15, -0.1) is 0 Å².